The van der Waals surface area contributed by atoms with Gasteiger partial charge in [0.15, 0.2) is 11.6 Å². The average Bonchev–Trinajstić information content (AvgIpc) is 3.14. The van der Waals surface area contributed by atoms with Crippen molar-refractivity contribution in [2.75, 3.05) is 27.2 Å². The van der Waals surface area contributed by atoms with E-state index in [1.165, 1.54) is 70.8 Å². The summed E-state index contributed by atoms with van der Waals surface area (Å²) in [5.74, 6) is 1.66. The van der Waals surface area contributed by atoms with Crippen molar-refractivity contribution in [2.45, 2.75) is 163 Å². The van der Waals surface area contributed by atoms with Gasteiger partial charge in [-0.05, 0) is 110 Å². The molecule has 5 heteroatoms. The normalized spacial score (nSPS) is 14.9. The molecule has 0 N–H and O–H groups in total. The highest BCUT2D eigenvalue weighted by Crippen LogP contribution is 2.29. The van der Waals surface area contributed by atoms with E-state index < -0.39 is 0 Å². The first-order valence-corrected chi connectivity index (χ1v) is 21.7. The average molecular weight is 744 g/mol. The topological polar surface area (TPSA) is 63.7 Å². The lowest BCUT2D eigenvalue weighted by molar-refractivity contribution is -0.139. The van der Waals surface area contributed by atoms with Gasteiger partial charge in [-0.2, -0.15) is 0 Å². The molecule has 0 spiro atoms. The summed E-state index contributed by atoms with van der Waals surface area (Å²) in [6.45, 7) is 12.6. The summed E-state index contributed by atoms with van der Waals surface area (Å²) in [6, 6.07) is 7.02. The van der Waals surface area contributed by atoms with Crippen LogP contribution in [-0.2, 0) is 9.53 Å². The summed E-state index contributed by atoms with van der Waals surface area (Å²) < 4.78 is 5.80. The minimum absolute atomic E-state index is 0.106. The number of carbonyl (C=O) groups excluding carboxylic acids is 3. The number of benzene rings is 1. The second-order valence-corrected chi connectivity index (χ2v) is 16.8. The lowest BCUT2D eigenvalue weighted by atomic mass is 9.83. The molecule has 1 aromatic rings. The maximum absolute atomic E-state index is 13.4. The Hall–Kier alpha value is -3.05. The maximum Gasteiger partial charge on any atom is 0.333 e. The maximum atomic E-state index is 13.4. The third-order valence-electron chi connectivity index (χ3n) is 10.9. The van der Waals surface area contributed by atoms with Gasteiger partial charge in [0.25, 0.3) is 0 Å². The van der Waals surface area contributed by atoms with Gasteiger partial charge in [-0.15, -0.1) is 0 Å². The molecule has 0 aromatic heterocycles. The first kappa shape index (κ1) is 47.1. The molecular formula is C49H77NO4. The highest BCUT2D eigenvalue weighted by atomic mass is 16.5. The third-order valence-corrected chi connectivity index (χ3v) is 10.9. The molecule has 2 unspecified atom stereocenters. The van der Waals surface area contributed by atoms with E-state index in [0.717, 1.165) is 63.2 Å². The zero-order valence-electron chi connectivity index (χ0n) is 35.6. The van der Waals surface area contributed by atoms with E-state index in [-0.39, 0.29) is 24.0 Å². The van der Waals surface area contributed by atoms with Crippen LogP contribution < -0.4 is 0 Å². The van der Waals surface area contributed by atoms with Crippen molar-refractivity contribution in [3.05, 3.63) is 82.5 Å². The molecular weight excluding hydrogens is 667 g/mol. The number of fused-ring (bicyclic) bond motifs is 1. The zero-order chi connectivity index (χ0) is 39.6. The predicted molar refractivity (Wildman–Crippen MR) is 229 cm³/mol. The van der Waals surface area contributed by atoms with E-state index in [2.05, 4.69) is 71.0 Å². The molecule has 0 fully saturated rings. The lowest BCUT2D eigenvalue weighted by Gasteiger charge is -2.18. The Bertz CT molecular complexity index is 1360. The molecule has 0 saturated heterocycles. The molecule has 1 aliphatic rings. The van der Waals surface area contributed by atoms with Crippen LogP contribution in [0.5, 0.6) is 0 Å². The van der Waals surface area contributed by atoms with E-state index in [1.54, 1.807) is 31.2 Å². The number of ketones is 2. The standard InChI is InChI=1S/C49H77NO4/c1-39(2)27-24-28-40(3)29-25-30-41(4)31-26-32-43(35-36-44-42(5)47(51)45-33-20-21-34-46(45)48(44)52)49(53)54-38-23-19-17-15-13-11-9-8-10-12-14-16-18-22-37-50(6)7/h9-12,20-21,33-35,39-41H,8,13-19,22-32,36-38H2,1-7H3/b11-9-,12-10+,43-35+. The molecule has 2 atom stereocenters. The fourth-order valence-electron chi connectivity index (χ4n) is 7.28. The number of hydrogen-bond acceptors (Lipinski definition) is 5. The van der Waals surface area contributed by atoms with Crippen molar-refractivity contribution in [3.8, 4) is 0 Å². The summed E-state index contributed by atoms with van der Waals surface area (Å²) in [6.07, 6.45) is 32.8. The second-order valence-electron chi connectivity index (χ2n) is 16.8. The van der Waals surface area contributed by atoms with Gasteiger partial charge in [-0.1, -0.05) is 147 Å². The van der Waals surface area contributed by atoms with Crippen LogP contribution in [0.1, 0.15) is 184 Å². The highest BCUT2D eigenvalue weighted by molar-refractivity contribution is 6.26. The van der Waals surface area contributed by atoms with Crippen molar-refractivity contribution in [2.24, 2.45) is 17.8 Å². The SMILES string of the molecule is CC1=C(C/C=C(\CCCC(C)CCCC(C)CCCC(C)C)C(=O)OCCCCCC/C=C\C/C=C/CCCCCN(C)C)C(=O)c2ccccc2C1=O. The Morgan fingerprint density at radius 2 is 1.24 bits per heavy atom. The van der Waals surface area contributed by atoms with Crippen LogP contribution in [0.2, 0.25) is 0 Å². The summed E-state index contributed by atoms with van der Waals surface area (Å²) in [7, 11) is 4.27. The Balaban J connectivity index is 1.80. The summed E-state index contributed by atoms with van der Waals surface area (Å²) in [5.41, 5.74) is 2.50. The van der Waals surface area contributed by atoms with Crippen LogP contribution in [0.4, 0.5) is 0 Å². The molecule has 0 heterocycles. The molecule has 54 heavy (non-hydrogen) atoms. The third kappa shape index (κ3) is 20.0. The van der Waals surface area contributed by atoms with E-state index in [0.29, 0.717) is 46.8 Å². The van der Waals surface area contributed by atoms with E-state index in [1.807, 2.05) is 6.08 Å². The van der Waals surface area contributed by atoms with Crippen molar-refractivity contribution >= 4 is 17.5 Å². The highest BCUT2D eigenvalue weighted by Gasteiger charge is 2.29. The number of ether oxygens (including phenoxy) is 1. The van der Waals surface area contributed by atoms with Gasteiger partial charge < -0.3 is 9.64 Å². The lowest BCUT2D eigenvalue weighted by Crippen LogP contribution is -2.20. The van der Waals surface area contributed by atoms with Crippen molar-refractivity contribution in [3.63, 3.8) is 0 Å². The molecule has 0 radical (unpaired) electrons. The molecule has 1 aromatic carbocycles. The molecule has 1 aliphatic carbocycles. The van der Waals surface area contributed by atoms with Gasteiger partial charge in [0.2, 0.25) is 0 Å². The number of allylic oxidation sites excluding steroid dienone is 7. The van der Waals surface area contributed by atoms with Crippen LogP contribution in [0.15, 0.2) is 71.4 Å². The van der Waals surface area contributed by atoms with Crippen LogP contribution in [-0.4, -0.2) is 49.7 Å². The number of carbonyl (C=O) groups is 3. The Morgan fingerprint density at radius 1 is 0.685 bits per heavy atom. The number of Topliss-reactive ketones (excluding diaryl/α,β-unsaturated/α-hetero) is 2. The molecule has 302 valence electrons. The van der Waals surface area contributed by atoms with E-state index in [9.17, 15) is 14.4 Å². The quantitative estimate of drug-likeness (QED) is 0.0340. The zero-order valence-corrected chi connectivity index (χ0v) is 35.6. The summed E-state index contributed by atoms with van der Waals surface area (Å²) in [5, 5.41) is 0. The predicted octanol–water partition coefficient (Wildman–Crippen LogP) is 13.3. The molecule has 0 saturated carbocycles. The van der Waals surface area contributed by atoms with Gasteiger partial charge >= 0.3 is 5.97 Å². The first-order chi connectivity index (χ1) is 26.0. The first-order valence-electron chi connectivity index (χ1n) is 21.7. The number of esters is 1. The number of unbranched alkanes of at least 4 members (excludes halogenated alkanes) is 7. The number of nitrogens with zero attached hydrogens (tertiary/aromatic N) is 1. The minimum Gasteiger partial charge on any atom is -0.462 e. The number of rotatable bonds is 30. The monoisotopic (exact) mass is 744 g/mol. The molecule has 0 bridgehead atoms. The van der Waals surface area contributed by atoms with Crippen LogP contribution in [0, 0.1) is 17.8 Å². The van der Waals surface area contributed by atoms with Crippen molar-refractivity contribution in [1.82, 2.24) is 4.90 Å². The number of hydrogen-bond donors (Lipinski definition) is 0. The fraction of sp³-hybridized carbons (Fsp3) is 0.653. The van der Waals surface area contributed by atoms with Gasteiger partial charge in [0, 0.05) is 27.8 Å². The molecule has 2 rings (SSSR count). The van der Waals surface area contributed by atoms with Gasteiger partial charge in [0.1, 0.15) is 0 Å². The minimum atomic E-state index is -0.282. The Morgan fingerprint density at radius 3 is 1.85 bits per heavy atom. The summed E-state index contributed by atoms with van der Waals surface area (Å²) in [4.78, 5) is 42.1. The molecule has 0 aliphatic heterocycles. The van der Waals surface area contributed by atoms with Crippen molar-refractivity contribution in [1.29, 1.82) is 0 Å². The van der Waals surface area contributed by atoms with E-state index >= 15 is 0 Å². The smallest absolute Gasteiger partial charge is 0.333 e. The second kappa shape index (κ2) is 28.4. The Labute approximate surface area is 331 Å². The van der Waals surface area contributed by atoms with Crippen LogP contribution >= 0.6 is 0 Å². The van der Waals surface area contributed by atoms with Crippen LogP contribution in [0.25, 0.3) is 0 Å². The van der Waals surface area contributed by atoms with E-state index in [4.69, 9.17) is 4.74 Å². The Kier molecular flexibility index (Phi) is 24.7. The van der Waals surface area contributed by atoms with Gasteiger partial charge in [-0.25, -0.2) is 4.79 Å². The van der Waals surface area contributed by atoms with Crippen molar-refractivity contribution < 1.29 is 19.1 Å². The summed E-state index contributed by atoms with van der Waals surface area (Å²) >= 11 is 0. The molecule has 5 nitrogen and oxygen atoms in total. The van der Waals surface area contributed by atoms with Crippen LogP contribution in [0.3, 0.4) is 0 Å². The largest absolute Gasteiger partial charge is 0.462 e. The van der Waals surface area contributed by atoms with Gasteiger partial charge in [0.05, 0.1) is 6.61 Å². The molecule has 0 amide bonds. The van der Waals surface area contributed by atoms with Gasteiger partial charge in [-0.3, -0.25) is 9.59 Å². The fourth-order valence-corrected chi connectivity index (χ4v) is 7.28.